The summed E-state index contributed by atoms with van der Waals surface area (Å²) in [6.07, 6.45) is 6.47. The van der Waals surface area contributed by atoms with Crippen molar-refractivity contribution in [2.24, 2.45) is 0 Å². The molecule has 7 heteroatoms. The standard InChI is InChI=1S/C23H30N6O/c1-2-26-15-17-27(18-16-26)12-8-11-24-22(30)21-19-25-29(20-9-4-3-5-10-20)23(21)28-13-6-7-14-28/h3-7,9-10,13-14,19H,2,8,11-12,15-18H2,1H3,(H,24,30). The van der Waals surface area contributed by atoms with Gasteiger partial charge in [-0.15, -0.1) is 0 Å². The quantitative estimate of drug-likeness (QED) is 0.584. The van der Waals surface area contributed by atoms with Crippen molar-refractivity contribution in [3.8, 4) is 11.5 Å². The molecule has 0 radical (unpaired) electrons. The van der Waals surface area contributed by atoms with E-state index in [-0.39, 0.29) is 5.91 Å². The minimum absolute atomic E-state index is 0.0864. The molecule has 1 N–H and O–H groups in total. The van der Waals surface area contributed by atoms with Gasteiger partial charge in [0.15, 0.2) is 5.82 Å². The Morgan fingerprint density at radius 3 is 2.40 bits per heavy atom. The molecule has 4 rings (SSSR count). The average molecular weight is 407 g/mol. The van der Waals surface area contributed by atoms with Gasteiger partial charge in [0, 0.05) is 45.1 Å². The van der Waals surface area contributed by atoms with Gasteiger partial charge in [0.2, 0.25) is 0 Å². The molecule has 0 bridgehead atoms. The normalized spacial score (nSPS) is 15.4. The zero-order valence-corrected chi connectivity index (χ0v) is 17.6. The molecule has 0 aliphatic carbocycles. The highest BCUT2D eigenvalue weighted by atomic mass is 16.1. The second-order valence-electron chi connectivity index (χ2n) is 7.60. The fourth-order valence-corrected chi connectivity index (χ4v) is 3.91. The topological polar surface area (TPSA) is 58.3 Å². The lowest BCUT2D eigenvalue weighted by Gasteiger charge is -2.33. The van der Waals surface area contributed by atoms with Crippen molar-refractivity contribution in [3.63, 3.8) is 0 Å². The van der Waals surface area contributed by atoms with E-state index >= 15 is 0 Å². The van der Waals surface area contributed by atoms with Gasteiger partial charge in [0.25, 0.3) is 5.91 Å². The lowest BCUT2D eigenvalue weighted by molar-refractivity contribution is 0.0948. The smallest absolute Gasteiger partial charge is 0.256 e. The third-order valence-electron chi connectivity index (χ3n) is 5.69. The Morgan fingerprint density at radius 1 is 1.00 bits per heavy atom. The third kappa shape index (κ3) is 4.63. The molecule has 1 saturated heterocycles. The van der Waals surface area contributed by atoms with Crippen molar-refractivity contribution in [1.29, 1.82) is 0 Å². The van der Waals surface area contributed by atoms with Gasteiger partial charge < -0.3 is 19.7 Å². The molecule has 3 aromatic rings. The van der Waals surface area contributed by atoms with Crippen LogP contribution in [-0.4, -0.2) is 75.9 Å². The Kier molecular flexibility index (Phi) is 6.61. The number of nitrogens with zero attached hydrogens (tertiary/aromatic N) is 5. The molecule has 0 unspecified atom stereocenters. The zero-order valence-electron chi connectivity index (χ0n) is 17.6. The van der Waals surface area contributed by atoms with Crippen LogP contribution in [0.3, 0.4) is 0 Å². The van der Waals surface area contributed by atoms with E-state index in [1.807, 2.05) is 64.1 Å². The van der Waals surface area contributed by atoms with Gasteiger partial charge in [0.1, 0.15) is 5.56 Å². The number of aromatic nitrogens is 3. The van der Waals surface area contributed by atoms with Gasteiger partial charge in [-0.3, -0.25) is 4.79 Å². The molecule has 1 aromatic carbocycles. The summed E-state index contributed by atoms with van der Waals surface area (Å²) >= 11 is 0. The van der Waals surface area contributed by atoms with Crippen molar-refractivity contribution in [1.82, 2.24) is 29.5 Å². The molecule has 0 saturated carbocycles. The summed E-state index contributed by atoms with van der Waals surface area (Å²) < 4.78 is 3.74. The Labute approximate surface area is 177 Å². The van der Waals surface area contributed by atoms with Crippen molar-refractivity contribution in [2.75, 3.05) is 45.8 Å². The van der Waals surface area contributed by atoms with Gasteiger partial charge in [0.05, 0.1) is 11.9 Å². The number of hydrogen-bond donors (Lipinski definition) is 1. The van der Waals surface area contributed by atoms with Crippen LogP contribution < -0.4 is 5.32 Å². The molecule has 0 spiro atoms. The van der Waals surface area contributed by atoms with Gasteiger partial charge in [-0.25, -0.2) is 4.68 Å². The van der Waals surface area contributed by atoms with Crippen LogP contribution in [0.1, 0.15) is 23.7 Å². The maximum atomic E-state index is 12.9. The summed E-state index contributed by atoms with van der Waals surface area (Å²) in [5.41, 5.74) is 1.50. The number of nitrogens with one attached hydrogen (secondary N) is 1. The second kappa shape index (κ2) is 9.73. The van der Waals surface area contributed by atoms with E-state index in [0.29, 0.717) is 12.1 Å². The van der Waals surface area contributed by atoms with Gasteiger partial charge in [-0.2, -0.15) is 5.10 Å². The molecule has 158 valence electrons. The molecule has 2 aromatic heterocycles. The van der Waals surface area contributed by atoms with Crippen molar-refractivity contribution < 1.29 is 4.79 Å². The lowest BCUT2D eigenvalue weighted by atomic mass is 10.2. The number of carbonyl (C=O) groups is 1. The van der Waals surface area contributed by atoms with Crippen LogP contribution in [0.2, 0.25) is 0 Å². The van der Waals surface area contributed by atoms with Crippen LogP contribution in [0.5, 0.6) is 0 Å². The third-order valence-corrected chi connectivity index (χ3v) is 5.69. The number of piperazine rings is 1. The number of likely N-dealkylation sites (N-methyl/N-ethyl adjacent to an activating group) is 1. The molecular formula is C23H30N6O. The number of rotatable bonds is 8. The minimum atomic E-state index is -0.0864. The van der Waals surface area contributed by atoms with Gasteiger partial charge in [-0.1, -0.05) is 25.1 Å². The number of carbonyl (C=O) groups excluding carboxylic acids is 1. The first-order valence-electron chi connectivity index (χ1n) is 10.8. The minimum Gasteiger partial charge on any atom is -0.352 e. The number of amides is 1. The summed E-state index contributed by atoms with van der Waals surface area (Å²) in [5, 5.41) is 7.59. The van der Waals surface area contributed by atoms with E-state index in [1.54, 1.807) is 6.20 Å². The number of hydrogen-bond acceptors (Lipinski definition) is 4. The number of para-hydroxylation sites is 1. The van der Waals surface area contributed by atoms with Crippen LogP contribution in [0.25, 0.3) is 11.5 Å². The Balaban J connectivity index is 1.39. The summed E-state index contributed by atoms with van der Waals surface area (Å²) in [7, 11) is 0. The fraction of sp³-hybridized carbons (Fsp3) is 0.391. The van der Waals surface area contributed by atoms with Crippen molar-refractivity contribution >= 4 is 5.91 Å². The highest BCUT2D eigenvalue weighted by Crippen LogP contribution is 2.19. The highest BCUT2D eigenvalue weighted by molar-refractivity contribution is 5.97. The fourth-order valence-electron chi connectivity index (χ4n) is 3.91. The lowest BCUT2D eigenvalue weighted by Crippen LogP contribution is -2.46. The maximum absolute atomic E-state index is 12.9. The largest absolute Gasteiger partial charge is 0.352 e. The second-order valence-corrected chi connectivity index (χ2v) is 7.60. The first-order chi connectivity index (χ1) is 14.8. The first-order valence-corrected chi connectivity index (χ1v) is 10.8. The Morgan fingerprint density at radius 2 is 1.70 bits per heavy atom. The molecule has 1 aliphatic heterocycles. The summed E-state index contributed by atoms with van der Waals surface area (Å²) in [6.45, 7) is 9.54. The average Bonchev–Trinajstić information content (AvgIpc) is 3.47. The van der Waals surface area contributed by atoms with Crippen LogP contribution in [0.4, 0.5) is 0 Å². The highest BCUT2D eigenvalue weighted by Gasteiger charge is 2.20. The SMILES string of the molecule is CCN1CCN(CCCNC(=O)c2cnn(-c3ccccc3)c2-n2cccc2)CC1. The van der Waals surface area contributed by atoms with E-state index in [0.717, 1.165) is 57.2 Å². The van der Waals surface area contributed by atoms with E-state index in [4.69, 9.17) is 0 Å². The molecule has 1 fully saturated rings. The Hall–Kier alpha value is -2.90. The Bertz CT molecular complexity index is 926. The van der Waals surface area contributed by atoms with E-state index in [9.17, 15) is 4.79 Å². The predicted molar refractivity (Wildman–Crippen MR) is 118 cm³/mol. The van der Waals surface area contributed by atoms with E-state index in [1.165, 1.54) is 0 Å². The molecule has 1 amide bonds. The number of benzene rings is 1. The molecule has 1 aliphatic rings. The van der Waals surface area contributed by atoms with Crippen molar-refractivity contribution in [3.05, 3.63) is 66.6 Å². The molecule has 30 heavy (non-hydrogen) atoms. The summed E-state index contributed by atoms with van der Waals surface area (Å²) in [4.78, 5) is 17.9. The van der Waals surface area contributed by atoms with Crippen LogP contribution in [0, 0.1) is 0 Å². The zero-order chi connectivity index (χ0) is 20.8. The van der Waals surface area contributed by atoms with E-state index < -0.39 is 0 Å². The molecule has 0 atom stereocenters. The summed E-state index contributed by atoms with van der Waals surface area (Å²) in [5.74, 6) is 0.663. The maximum Gasteiger partial charge on any atom is 0.256 e. The van der Waals surface area contributed by atoms with Crippen LogP contribution >= 0.6 is 0 Å². The molecule has 3 heterocycles. The molecule has 7 nitrogen and oxygen atoms in total. The van der Waals surface area contributed by atoms with Crippen LogP contribution in [0.15, 0.2) is 61.1 Å². The summed E-state index contributed by atoms with van der Waals surface area (Å²) in [6, 6.07) is 13.8. The predicted octanol–water partition coefficient (Wildman–Crippen LogP) is 2.42. The van der Waals surface area contributed by atoms with E-state index in [2.05, 4.69) is 27.1 Å². The monoisotopic (exact) mass is 406 g/mol. The van der Waals surface area contributed by atoms with Gasteiger partial charge >= 0.3 is 0 Å². The van der Waals surface area contributed by atoms with Gasteiger partial charge in [-0.05, 0) is 43.8 Å². The first kappa shape index (κ1) is 20.4. The van der Waals surface area contributed by atoms with Crippen molar-refractivity contribution in [2.45, 2.75) is 13.3 Å². The van der Waals surface area contributed by atoms with Crippen LogP contribution in [-0.2, 0) is 0 Å². The molecular weight excluding hydrogens is 376 g/mol.